The Bertz CT molecular complexity index is 1860. The van der Waals surface area contributed by atoms with Gasteiger partial charge in [0.1, 0.15) is 0 Å². The molecule has 0 saturated carbocycles. The summed E-state index contributed by atoms with van der Waals surface area (Å²) in [6, 6.07) is 8.09. The maximum absolute atomic E-state index is 11.4. The quantitative estimate of drug-likeness (QED) is 0.323. The number of aliphatic carboxylic acids is 2. The summed E-state index contributed by atoms with van der Waals surface area (Å²) in [5, 5.41) is 22.8. The van der Waals surface area contributed by atoms with Crippen molar-refractivity contribution >= 4 is 56.3 Å². The van der Waals surface area contributed by atoms with Gasteiger partial charge in [-0.2, -0.15) is 0 Å². The van der Waals surface area contributed by atoms with Crippen molar-refractivity contribution in [2.45, 2.75) is 80.1 Å². The van der Waals surface area contributed by atoms with Gasteiger partial charge in [-0.15, -0.1) is 0 Å². The minimum absolute atomic E-state index is 0. The predicted molar refractivity (Wildman–Crippen MR) is 163 cm³/mol. The van der Waals surface area contributed by atoms with E-state index in [9.17, 15) is 19.8 Å². The summed E-state index contributed by atoms with van der Waals surface area (Å²) in [7, 11) is 0. The van der Waals surface area contributed by atoms with Crippen LogP contribution in [0, 0.1) is 13.8 Å². The number of carboxylic acids is 2. The van der Waals surface area contributed by atoms with Gasteiger partial charge >= 0.3 is 27.3 Å². The van der Waals surface area contributed by atoms with Crippen molar-refractivity contribution in [1.29, 1.82) is 0 Å². The fourth-order valence-electron chi connectivity index (χ4n) is 6.21. The van der Waals surface area contributed by atoms with E-state index >= 15 is 0 Å². The first kappa shape index (κ1) is 32.4. The number of carboxylic acid groups (broad SMARTS) is 2. The van der Waals surface area contributed by atoms with Gasteiger partial charge in [0, 0.05) is 34.0 Å². The van der Waals surface area contributed by atoms with E-state index in [1.165, 1.54) is 16.7 Å². The summed E-state index contributed by atoms with van der Waals surface area (Å²) < 4.78 is 0. The van der Waals surface area contributed by atoms with Crippen LogP contribution in [0.25, 0.3) is 44.4 Å². The number of rotatable bonds is 8. The summed E-state index contributed by atoms with van der Waals surface area (Å²) in [6.45, 7) is 12.4. The zero-order valence-corrected chi connectivity index (χ0v) is 29.8. The molecule has 0 unspecified atom stereocenters. The van der Waals surface area contributed by atoms with Crippen LogP contribution in [0.3, 0.4) is 0 Å². The number of hydrogen-bond donors (Lipinski definition) is 2. The largest absolute Gasteiger partial charge is 2.00 e. The Labute approximate surface area is 271 Å². The summed E-state index contributed by atoms with van der Waals surface area (Å²) in [6.07, 6.45) is 1.96. The van der Waals surface area contributed by atoms with Crippen LogP contribution in [0.4, 0.5) is 0 Å². The van der Waals surface area contributed by atoms with Gasteiger partial charge in [0.15, 0.2) is 0 Å². The maximum atomic E-state index is 11.4. The van der Waals surface area contributed by atoms with Crippen molar-refractivity contribution in [2.24, 2.45) is 0 Å². The fourth-order valence-corrected chi connectivity index (χ4v) is 6.21. The molecular weight excluding hydrogens is 641 g/mol. The van der Waals surface area contributed by atoms with Crippen LogP contribution in [0.2, 0.25) is 0 Å². The van der Waals surface area contributed by atoms with Crippen molar-refractivity contribution in [3.05, 3.63) is 69.3 Å². The molecule has 0 aliphatic carbocycles. The first-order chi connectivity index (χ1) is 20.0. The van der Waals surface area contributed by atoms with Gasteiger partial charge in [-0.25, -0.2) is 9.97 Å². The van der Waals surface area contributed by atoms with Crippen LogP contribution in [-0.4, -0.2) is 31.9 Å². The summed E-state index contributed by atoms with van der Waals surface area (Å²) in [5.41, 5.74) is 14.9. The molecule has 43 heavy (non-hydrogen) atoms. The van der Waals surface area contributed by atoms with Crippen molar-refractivity contribution in [3.8, 4) is 0 Å². The van der Waals surface area contributed by atoms with Gasteiger partial charge in [-0.05, 0) is 135 Å². The van der Waals surface area contributed by atoms with E-state index in [4.69, 9.17) is 9.97 Å². The SMILES string of the molecule is CCc1c(C)c2cc3[nH]c(cc4nc(cc5nc(cc1[nH]2)C(C)=C5CCC(=O)[O-])C(CCC(=O)[O-])=C4C)c(C)c3CC.[Cd+2]. The molecule has 0 saturated heterocycles. The van der Waals surface area contributed by atoms with Gasteiger partial charge in [0.2, 0.25) is 0 Å². The third kappa shape index (κ3) is 6.25. The monoisotopic (exact) mass is 678 g/mol. The molecule has 0 atom stereocenters. The van der Waals surface area contributed by atoms with Crippen LogP contribution in [0.1, 0.15) is 98.4 Å². The molecule has 3 aromatic rings. The van der Waals surface area contributed by atoms with E-state index < -0.39 is 11.9 Å². The van der Waals surface area contributed by atoms with Crippen LogP contribution >= 0.6 is 0 Å². The zero-order chi connectivity index (χ0) is 30.3. The first-order valence-corrected chi connectivity index (χ1v) is 14.6. The number of allylic oxidation sites excluding steroid dienone is 4. The van der Waals surface area contributed by atoms with Gasteiger partial charge in [-0.3, -0.25) is 0 Å². The minimum atomic E-state index is -1.13. The average Bonchev–Trinajstić information content (AvgIpc) is 3.59. The van der Waals surface area contributed by atoms with E-state index in [0.717, 1.165) is 74.2 Å². The van der Waals surface area contributed by atoms with Crippen LogP contribution in [-0.2, 0) is 49.7 Å². The summed E-state index contributed by atoms with van der Waals surface area (Å²) in [5.74, 6) is -2.25. The van der Waals surface area contributed by atoms with E-state index in [-0.39, 0.29) is 53.0 Å². The smallest absolute Gasteiger partial charge is 0.550 e. The summed E-state index contributed by atoms with van der Waals surface area (Å²) >= 11 is 0. The minimum Gasteiger partial charge on any atom is -0.550 e. The predicted octanol–water partition coefficient (Wildman–Crippen LogP) is 4.98. The Morgan fingerprint density at radius 1 is 0.628 bits per heavy atom. The molecule has 0 fully saturated rings. The molecule has 2 aliphatic heterocycles. The van der Waals surface area contributed by atoms with Crippen molar-refractivity contribution < 1.29 is 47.1 Å². The topological polar surface area (TPSA) is 138 Å². The molecule has 0 radical (unpaired) electrons. The Kier molecular flexibility index (Phi) is 9.78. The van der Waals surface area contributed by atoms with Crippen molar-refractivity contribution in [3.63, 3.8) is 0 Å². The molecule has 9 heteroatoms. The number of hydrogen-bond acceptors (Lipinski definition) is 6. The maximum Gasteiger partial charge on any atom is 2.00 e. The summed E-state index contributed by atoms with van der Waals surface area (Å²) in [4.78, 5) is 40.0. The second kappa shape index (κ2) is 13.0. The number of nitrogens with one attached hydrogen (secondary N) is 2. The second-order valence-corrected chi connectivity index (χ2v) is 11.1. The third-order valence-electron chi connectivity index (χ3n) is 8.67. The zero-order valence-electron chi connectivity index (χ0n) is 25.8. The molecule has 8 nitrogen and oxygen atoms in total. The number of aryl methyl sites for hydroxylation is 4. The number of nitrogens with zero attached hydrogens (tertiary/aromatic N) is 2. The fraction of sp³-hybridized carbons (Fsp3) is 0.353. The molecule has 218 valence electrons. The Hall–Kier alpha value is -3.54. The molecule has 5 rings (SSSR count). The van der Waals surface area contributed by atoms with Crippen LogP contribution in [0.15, 0.2) is 24.3 Å². The second-order valence-electron chi connectivity index (χ2n) is 11.1. The van der Waals surface area contributed by atoms with E-state index in [1.54, 1.807) is 0 Å². The van der Waals surface area contributed by atoms with Gasteiger partial charge in [-0.1, -0.05) is 13.8 Å². The van der Waals surface area contributed by atoms with E-state index in [0.29, 0.717) is 11.4 Å². The standard InChI is InChI=1S/C34H38N4O4.Cd/c1-7-21-17(3)25-13-26-19(5)23(9-11-33(39)40)31(37-26)16-32-24(10-12-34(41)42)20(6)28(38-32)15-30-22(8-2)18(4)27(36-30)14-29(21)35-25;/h13-16,35-36H,7-12H2,1-6H3,(H,39,40)(H,41,42);/q;+2/p-2. The number of H-pyrrole nitrogens is 2. The molecule has 8 bridgehead atoms. The molecule has 0 amide bonds. The average molecular weight is 677 g/mol. The Morgan fingerprint density at radius 3 is 1.44 bits per heavy atom. The van der Waals surface area contributed by atoms with Crippen molar-refractivity contribution in [2.75, 3.05) is 0 Å². The molecule has 5 heterocycles. The molecular formula is C34H36CdN4O4. The molecule has 2 aliphatic rings. The number of aromatic amines is 2. The molecule has 0 aromatic carbocycles. The van der Waals surface area contributed by atoms with Crippen molar-refractivity contribution in [1.82, 2.24) is 19.9 Å². The number of fused-ring (bicyclic) bond motifs is 8. The number of carbonyl (C=O) groups is 2. The van der Waals surface area contributed by atoms with Crippen LogP contribution in [0.5, 0.6) is 0 Å². The van der Waals surface area contributed by atoms with E-state index in [1.807, 2.05) is 32.0 Å². The van der Waals surface area contributed by atoms with Gasteiger partial charge in [0.05, 0.1) is 22.8 Å². The Balaban J connectivity index is 0.00000423. The first-order valence-electron chi connectivity index (χ1n) is 14.6. The molecule has 2 N–H and O–H groups in total. The third-order valence-corrected chi connectivity index (χ3v) is 8.67. The normalized spacial score (nSPS) is 13.0. The van der Waals surface area contributed by atoms with Crippen LogP contribution < -0.4 is 10.2 Å². The molecule has 0 spiro atoms. The van der Waals surface area contributed by atoms with E-state index in [2.05, 4.69) is 43.7 Å². The van der Waals surface area contributed by atoms with Gasteiger partial charge < -0.3 is 29.8 Å². The Morgan fingerprint density at radius 2 is 1.02 bits per heavy atom. The van der Waals surface area contributed by atoms with Gasteiger partial charge in [0.25, 0.3) is 0 Å². The number of aromatic nitrogens is 4. The number of carbonyl (C=O) groups excluding carboxylic acids is 2. The molecule has 3 aromatic heterocycles.